The largest absolute Gasteiger partial charge is 0.491 e. The molecule has 2 aromatic carbocycles. The molecule has 0 spiro atoms. The lowest BCUT2D eigenvalue weighted by Crippen LogP contribution is -2.48. The fourth-order valence-corrected chi connectivity index (χ4v) is 5.51. The number of rotatable bonds is 9. The molecule has 0 bridgehead atoms. The van der Waals surface area contributed by atoms with Gasteiger partial charge in [-0.15, -0.1) is 11.3 Å². The molecular formula is C28H30ClFN2O3S. The zero-order chi connectivity index (χ0) is 25.7. The van der Waals surface area contributed by atoms with Crippen LogP contribution in [0.4, 0.5) is 4.39 Å². The van der Waals surface area contributed by atoms with E-state index in [0.717, 1.165) is 18.4 Å². The van der Waals surface area contributed by atoms with Crippen LogP contribution < -0.4 is 4.74 Å². The van der Waals surface area contributed by atoms with Crippen molar-refractivity contribution in [3.05, 3.63) is 86.8 Å². The van der Waals surface area contributed by atoms with Gasteiger partial charge in [0.1, 0.15) is 24.7 Å². The monoisotopic (exact) mass is 528 g/mol. The Labute approximate surface area is 220 Å². The summed E-state index contributed by atoms with van der Waals surface area (Å²) in [4.78, 5) is 31.7. The van der Waals surface area contributed by atoms with E-state index in [9.17, 15) is 14.0 Å². The lowest BCUT2D eigenvalue weighted by Gasteiger charge is -2.37. The Balaban J connectivity index is 1.55. The van der Waals surface area contributed by atoms with Gasteiger partial charge < -0.3 is 14.5 Å². The third-order valence-corrected chi connectivity index (χ3v) is 7.76. The van der Waals surface area contributed by atoms with Crippen molar-refractivity contribution in [1.82, 2.24) is 9.80 Å². The summed E-state index contributed by atoms with van der Waals surface area (Å²) in [5.41, 5.74) is 1.51. The summed E-state index contributed by atoms with van der Waals surface area (Å²) in [6.07, 6.45) is 1.64. The Kier molecular flexibility index (Phi) is 8.64. The van der Waals surface area contributed by atoms with Crippen molar-refractivity contribution in [2.24, 2.45) is 5.92 Å². The smallest absolute Gasteiger partial charge is 0.254 e. The van der Waals surface area contributed by atoms with Gasteiger partial charge in [-0.05, 0) is 59.7 Å². The normalized spacial score (nSPS) is 15.8. The number of carbonyl (C=O) groups excluding carboxylic acids is 2. The number of halogens is 2. The van der Waals surface area contributed by atoms with Gasteiger partial charge in [0.25, 0.3) is 5.91 Å². The van der Waals surface area contributed by atoms with Crippen LogP contribution in [0.1, 0.15) is 47.1 Å². The summed E-state index contributed by atoms with van der Waals surface area (Å²) in [5, 5.41) is 2.50. The molecule has 1 aliphatic heterocycles. The molecule has 0 unspecified atom stereocenters. The summed E-state index contributed by atoms with van der Waals surface area (Å²) in [6.45, 7) is 5.30. The Hall–Kier alpha value is -2.90. The second kappa shape index (κ2) is 11.9. The first-order valence-electron chi connectivity index (χ1n) is 12.1. The van der Waals surface area contributed by atoms with Gasteiger partial charge in [0, 0.05) is 34.6 Å². The lowest BCUT2D eigenvalue weighted by atomic mass is 10.00. The molecule has 1 aromatic heterocycles. The van der Waals surface area contributed by atoms with Crippen LogP contribution in [-0.4, -0.2) is 47.9 Å². The molecule has 0 radical (unpaired) electrons. The first kappa shape index (κ1) is 26.2. The van der Waals surface area contributed by atoms with Crippen LogP contribution in [0.5, 0.6) is 5.75 Å². The van der Waals surface area contributed by atoms with Crippen LogP contribution >= 0.6 is 22.9 Å². The number of thiophene rings is 1. The second-order valence-electron chi connectivity index (χ2n) is 9.13. The Bertz CT molecular complexity index is 1220. The molecule has 2 atom stereocenters. The van der Waals surface area contributed by atoms with Crippen molar-refractivity contribution < 1.29 is 18.7 Å². The highest BCUT2D eigenvalue weighted by Gasteiger charge is 2.34. The number of carbonyl (C=O) groups is 2. The van der Waals surface area contributed by atoms with E-state index < -0.39 is 0 Å². The van der Waals surface area contributed by atoms with Crippen molar-refractivity contribution in [3.8, 4) is 5.75 Å². The number of hydrogen-bond acceptors (Lipinski definition) is 4. The quantitative estimate of drug-likeness (QED) is 0.330. The number of hydrogen-bond donors (Lipinski definition) is 0. The van der Waals surface area contributed by atoms with Crippen molar-refractivity contribution in [2.75, 3.05) is 26.2 Å². The van der Waals surface area contributed by atoms with Crippen molar-refractivity contribution in [3.63, 3.8) is 0 Å². The van der Waals surface area contributed by atoms with Crippen LogP contribution in [0, 0.1) is 11.7 Å². The van der Waals surface area contributed by atoms with Gasteiger partial charge in [0.05, 0.1) is 6.04 Å². The second-order valence-corrected chi connectivity index (χ2v) is 10.6. The molecule has 1 aliphatic rings. The van der Waals surface area contributed by atoms with Gasteiger partial charge in [-0.25, -0.2) is 4.39 Å². The minimum Gasteiger partial charge on any atom is -0.491 e. The van der Waals surface area contributed by atoms with E-state index in [1.165, 1.54) is 17.0 Å². The maximum Gasteiger partial charge on any atom is 0.254 e. The lowest BCUT2D eigenvalue weighted by molar-refractivity contribution is -0.135. The summed E-state index contributed by atoms with van der Waals surface area (Å²) in [5.74, 6) is -0.0806. The molecule has 2 heterocycles. The number of nitrogens with zero attached hydrogens (tertiary/aromatic N) is 2. The molecule has 0 saturated carbocycles. The minimum absolute atomic E-state index is 0.0361. The molecule has 5 nitrogen and oxygen atoms in total. The van der Waals surface area contributed by atoms with Gasteiger partial charge in [-0.3, -0.25) is 9.59 Å². The maximum absolute atomic E-state index is 13.7. The molecule has 2 amide bonds. The summed E-state index contributed by atoms with van der Waals surface area (Å²) >= 11 is 7.79. The van der Waals surface area contributed by atoms with Gasteiger partial charge in [0.2, 0.25) is 5.91 Å². The standard InChI is InChI=1S/C28H30ClFN2O3S/c1-3-19(2)16-31(28(34)20-6-4-7-21(29)14-20)17-27(33)32-12-10-26-24(11-13-36-26)25(32)18-35-23-9-5-8-22(30)15-23/h4-9,11,13-15,19,25H,3,10,12,16-18H2,1-2H3/t19-,25-/m1/s1. The predicted molar refractivity (Wildman–Crippen MR) is 141 cm³/mol. The molecule has 3 aromatic rings. The molecular weight excluding hydrogens is 499 g/mol. The van der Waals surface area contributed by atoms with Crippen molar-refractivity contribution in [1.29, 1.82) is 0 Å². The van der Waals surface area contributed by atoms with Gasteiger partial charge in [-0.1, -0.05) is 44.0 Å². The van der Waals surface area contributed by atoms with Gasteiger partial charge >= 0.3 is 0 Å². The Morgan fingerprint density at radius 2 is 2.03 bits per heavy atom. The summed E-state index contributed by atoms with van der Waals surface area (Å²) in [7, 11) is 0. The zero-order valence-corrected chi connectivity index (χ0v) is 22.0. The van der Waals surface area contributed by atoms with Crippen LogP contribution in [0.15, 0.2) is 60.0 Å². The molecule has 190 valence electrons. The Morgan fingerprint density at radius 3 is 2.78 bits per heavy atom. The first-order chi connectivity index (χ1) is 17.4. The third kappa shape index (κ3) is 6.26. The average Bonchev–Trinajstić information content (AvgIpc) is 3.35. The third-order valence-electron chi connectivity index (χ3n) is 6.53. The average molecular weight is 529 g/mol. The van der Waals surface area contributed by atoms with E-state index in [1.54, 1.807) is 57.5 Å². The first-order valence-corrected chi connectivity index (χ1v) is 13.4. The number of benzene rings is 2. The summed E-state index contributed by atoms with van der Waals surface area (Å²) < 4.78 is 19.6. The minimum atomic E-state index is -0.375. The van der Waals surface area contributed by atoms with E-state index in [4.69, 9.17) is 16.3 Å². The highest BCUT2D eigenvalue weighted by molar-refractivity contribution is 7.10. The van der Waals surface area contributed by atoms with Crippen LogP contribution in [-0.2, 0) is 11.2 Å². The van der Waals surface area contributed by atoms with Gasteiger partial charge in [-0.2, -0.15) is 0 Å². The summed E-state index contributed by atoms with van der Waals surface area (Å²) in [6, 6.07) is 14.5. The molecule has 0 aliphatic carbocycles. The highest BCUT2D eigenvalue weighted by atomic mass is 35.5. The number of amides is 2. The van der Waals surface area contributed by atoms with E-state index in [-0.39, 0.29) is 42.7 Å². The topological polar surface area (TPSA) is 49.9 Å². The van der Waals surface area contributed by atoms with E-state index in [2.05, 4.69) is 13.8 Å². The highest BCUT2D eigenvalue weighted by Crippen LogP contribution is 2.34. The number of fused-ring (bicyclic) bond motifs is 1. The van der Waals surface area contributed by atoms with Crippen LogP contribution in [0.25, 0.3) is 0 Å². The molecule has 0 fully saturated rings. The van der Waals surface area contributed by atoms with E-state index >= 15 is 0 Å². The molecule has 0 N–H and O–H groups in total. The van der Waals surface area contributed by atoms with Crippen LogP contribution in [0.2, 0.25) is 5.02 Å². The van der Waals surface area contributed by atoms with Crippen molar-refractivity contribution in [2.45, 2.75) is 32.7 Å². The maximum atomic E-state index is 13.7. The zero-order valence-electron chi connectivity index (χ0n) is 20.5. The SMILES string of the molecule is CC[C@@H](C)CN(CC(=O)N1CCc2sccc2[C@H]1COc1cccc(F)c1)C(=O)c1cccc(Cl)c1. The predicted octanol–water partition coefficient (Wildman–Crippen LogP) is 6.23. The fraction of sp³-hybridized carbons (Fsp3) is 0.357. The van der Waals surface area contributed by atoms with E-state index in [0.29, 0.717) is 29.4 Å². The molecule has 8 heteroatoms. The Morgan fingerprint density at radius 1 is 1.22 bits per heavy atom. The molecule has 0 saturated heterocycles. The molecule has 36 heavy (non-hydrogen) atoms. The van der Waals surface area contributed by atoms with Crippen LogP contribution in [0.3, 0.4) is 0 Å². The van der Waals surface area contributed by atoms with E-state index in [1.807, 2.05) is 11.4 Å². The van der Waals surface area contributed by atoms with Crippen molar-refractivity contribution >= 4 is 34.8 Å². The fourth-order valence-electron chi connectivity index (χ4n) is 4.39. The van der Waals surface area contributed by atoms with Gasteiger partial charge in [0.15, 0.2) is 0 Å². The molecule has 4 rings (SSSR count). The number of ether oxygens (including phenoxy) is 1.